The van der Waals surface area contributed by atoms with Crippen molar-refractivity contribution in [3.8, 4) is 5.75 Å². The molecule has 0 saturated heterocycles. The topological polar surface area (TPSA) is 29.5 Å². The van der Waals surface area contributed by atoms with Crippen LogP contribution in [0, 0.1) is 0 Å². The maximum atomic E-state index is 11.6. The van der Waals surface area contributed by atoms with Crippen LogP contribution in [-0.4, -0.2) is 31.0 Å². The zero-order chi connectivity index (χ0) is 12.3. The Balaban J connectivity index is 2.81. The second-order valence-electron chi connectivity index (χ2n) is 3.54. The van der Waals surface area contributed by atoms with Gasteiger partial charge in [-0.15, -0.1) is 0 Å². The molecule has 0 aromatic heterocycles. The van der Waals surface area contributed by atoms with E-state index in [1.807, 2.05) is 0 Å². The molecule has 1 atom stereocenters. The van der Waals surface area contributed by atoms with Crippen molar-refractivity contribution >= 4 is 29.1 Å². The second kappa shape index (κ2) is 5.41. The van der Waals surface area contributed by atoms with E-state index < -0.39 is 6.10 Å². The molecule has 0 aliphatic rings. The Labute approximate surface area is 105 Å². The molecule has 0 aliphatic carbocycles. The number of nitrogens with zero attached hydrogens (tertiary/aromatic N) is 1. The Hall–Kier alpha value is -0.930. The van der Waals surface area contributed by atoms with Gasteiger partial charge in [0.05, 0.1) is 5.02 Å². The SMILES string of the molecule is C[C@H](Oc1cccc(Cl)c1Cl)C(=O)N(C)C. The summed E-state index contributed by atoms with van der Waals surface area (Å²) < 4.78 is 5.44. The Bertz CT molecular complexity index is 394. The van der Waals surface area contributed by atoms with Crippen molar-refractivity contribution in [1.82, 2.24) is 4.90 Å². The van der Waals surface area contributed by atoms with Gasteiger partial charge in [-0.25, -0.2) is 0 Å². The Morgan fingerprint density at radius 1 is 1.38 bits per heavy atom. The van der Waals surface area contributed by atoms with Crippen molar-refractivity contribution in [2.24, 2.45) is 0 Å². The lowest BCUT2D eigenvalue weighted by molar-refractivity contribution is -0.135. The third-order valence-corrected chi connectivity index (χ3v) is 2.81. The van der Waals surface area contributed by atoms with Crippen LogP contribution in [0.5, 0.6) is 5.75 Å². The van der Waals surface area contributed by atoms with E-state index in [-0.39, 0.29) is 5.91 Å². The van der Waals surface area contributed by atoms with Gasteiger partial charge in [0.15, 0.2) is 6.10 Å². The average molecular weight is 262 g/mol. The highest BCUT2D eigenvalue weighted by Crippen LogP contribution is 2.32. The number of rotatable bonds is 3. The van der Waals surface area contributed by atoms with E-state index >= 15 is 0 Å². The minimum absolute atomic E-state index is 0.129. The summed E-state index contributed by atoms with van der Waals surface area (Å²) in [6.07, 6.45) is -0.592. The van der Waals surface area contributed by atoms with Crippen LogP contribution in [0.25, 0.3) is 0 Å². The lowest BCUT2D eigenvalue weighted by atomic mass is 10.3. The van der Waals surface area contributed by atoms with Crippen LogP contribution in [0.1, 0.15) is 6.92 Å². The first-order valence-electron chi connectivity index (χ1n) is 4.75. The zero-order valence-corrected chi connectivity index (χ0v) is 10.8. The van der Waals surface area contributed by atoms with E-state index in [9.17, 15) is 4.79 Å². The molecule has 0 aliphatic heterocycles. The number of amides is 1. The molecule has 3 nitrogen and oxygen atoms in total. The van der Waals surface area contributed by atoms with Gasteiger partial charge in [0.2, 0.25) is 0 Å². The van der Waals surface area contributed by atoms with Gasteiger partial charge < -0.3 is 9.64 Å². The third-order valence-electron chi connectivity index (χ3n) is 2.01. The Morgan fingerprint density at radius 2 is 2.00 bits per heavy atom. The second-order valence-corrected chi connectivity index (χ2v) is 4.33. The Morgan fingerprint density at radius 3 is 2.56 bits per heavy atom. The number of carbonyl (C=O) groups excluding carboxylic acids is 1. The molecule has 1 rings (SSSR count). The highest BCUT2D eigenvalue weighted by molar-refractivity contribution is 6.42. The molecule has 1 aromatic carbocycles. The standard InChI is InChI=1S/C11H13Cl2NO2/c1-7(11(15)14(2)3)16-9-6-4-5-8(12)10(9)13/h4-7H,1-3H3/t7-/m0/s1. The van der Waals surface area contributed by atoms with Crippen molar-refractivity contribution in [1.29, 1.82) is 0 Å². The predicted molar refractivity (Wildman–Crippen MR) is 65.2 cm³/mol. The summed E-state index contributed by atoms with van der Waals surface area (Å²) >= 11 is 11.8. The molecule has 0 fully saturated rings. The van der Waals surface area contributed by atoms with Gasteiger partial charge in [-0.2, -0.15) is 0 Å². The number of halogens is 2. The normalized spacial score (nSPS) is 12.1. The predicted octanol–water partition coefficient (Wildman–Crippen LogP) is 2.85. The van der Waals surface area contributed by atoms with Crippen molar-refractivity contribution in [2.75, 3.05) is 14.1 Å². The minimum Gasteiger partial charge on any atom is -0.479 e. The van der Waals surface area contributed by atoms with Crippen LogP contribution in [0.3, 0.4) is 0 Å². The molecule has 0 bridgehead atoms. The molecule has 1 aromatic rings. The first kappa shape index (κ1) is 13.1. The smallest absolute Gasteiger partial charge is 0.262 e. The van der Waals surface area contributed by atoms with Crippen LogP contribution in [-0.2, 0) is 4.79 Å². The summed E-state index contributed by atoms with van der Waals surface area (Å²) in [5, 5.41) is 0.728. The van der Waals surface area contributed by atoms with Crippen molar-refractivity contribution in [2.45, 2.75) is 13.0 Å². The van der Waals surface area contributed by atoms with E-state index in [1.54, 1.807) is 39.2 Å². The van der Waals surface area contributed by atoms with Crippen LogP contribution in [0.4, 0.5) is 0 Å². The highest BCUT2D eigenvalue weighted by atomic mass is 35.5. The van der Waals surface area contributed by atoms with Gasteiger partial charge in [-0.3, -0.25) is 4.79 Å². The van der Waals surface area contributed by atoms with Crippen LogP contribution in [0.2, 0.25) is 10.0 Å². The summed E-state index contributed by atoms with van der Waals surface area (Å²) in [7, 11) is 3.34. The fourth-order valence-electron chi connectivity index (χ4n) is 1.18. The molecule has 5 heteroatoms. The minimum atomic E-state index is -0.592. The average Bonchev–Trinajstić information content (AvgIpc) is 2.23. The molecule has 16 heavy (non-hydrogen) atoms. The van der Waals surface area contributed by atoms with Gasteiger partial charge in [-0.1, -0.05) is 29.3 Å². The molecule has 0 N–H and O–H groups in total. The highest BCUT2D eigenvalue weighted by Gasteiger charge is 2.18. The lowest BCUT2D eigenvalue weighted by Gasteiger charge is -2.19. The number of ether oxygens (including phenoxy) is 1. The Kier molecular flexibility index (Phi) is 4.44. The van der Waals surface area contributed by atoms with E-state index in [4.69, 9.17) is 27.9 Å². The van der Waals surface area contributed by atoms with Gasteiger partial charge >= 0.3 is 0 Å². The van der Waals surface area contributed by atoms with Gasteiger partial charge in [0.25, 0.3) is 5.91 Å². The molecular weight excluding hydrogens is 249 g/mol. The first-order chi connectivity index (χ1) is 7.43. The maximum Gasteiger partial charge on any atom is 0.262 e. The molecular formula is C11H13Cl2NO2. The van der Waals surface area contributed by atoms with Crippen molar-refractivity contribution < 1.29 is 9.53 Å². The fourth-order valence-corrected chi connectivity index (χ4v) is 1.52. The molecule has 1 amide bonds. The fraction of sp³-hybridized carbons (Fsp3) is 0.364. The van der Waals surface area contributed by atoms with Gasteiger partial charge in [-0.05, 0) is 19.1 Å². The van der Waals surface area contributed by atoms with E-state index in [0.29, 0.717) is 15.8 Å². The number of benzene rings is 1. The van der Waals surface area contributed by atoms with E-state index in [1.165, 1.54) is 4.90 Å². The zero-order valence-electron chi connectivity index (χ0n) is 9.33. The molecule has 0 saturated carbocycles. The summed E-state index contributed by atoms with van der Waals surface area (Å²) in [5.74, 6) is 0.285. The summed E-state index contributed by atoms with van der Waals surface area (Å²) in [6, 6.07) is 5.05. The maximum absolute atomic E-state index is 11.6. The summed E-state index contributed by atoms with van der Waals surface area (Å²) in [6.45, 7) is 1.67. The van der Waals surface area contributed by atoms with Gasteiger partial charge in [0.1, 0.15) is 10.8 Å². The quantitative estimate of drug-likeness (QED) is 0.838. The van der Waals surface area contributed by atoms with Crippen LogP contribution in [0.15, 0.2) is 18.2 Å². The van der Waals surface area contributed by atoms with E-state index in [2.05, 4.69) is 0 Å². The summed E-state index contributed by atoms with van der Waals surface area (Å²) in [5.41, 5.74) is 0. The van der Waals surface area contributed by atoms with Crippen LogP contribution < -0.4 is 4.74 Å². The number of hydrogen-bond acceptors (Lipinski definition) is 2. The largest absolute Gasteiger partial charge is 0.479 e. The van der Waals surface area contributed by atoms with E-state index in [0.717, 1.165) is 0 Å². The molecule has 88 valence electrons. The number of likely N-dealkylation sites (N-methyl/N-ethyl adjacent to an activating group) is 1. The molecule has 0 unspecified atom stereocenters. The number of carbonyl (C=O) groups is 1. The first-order valence-corrected chi connectivity index (χ1v) is 5.51. The third kappa shape index (κ3) is 3.03. The lowest BCUT2D eigenvalue weighted by Crippen LogP contribution is -2.35. The number of hydrogen-bond donors (Lipinski definition) is 0. The van der Waals surface area contributed by atoms with Gasteiger partial charge in [0, 0.05) is 14.1 Å². The molecule has 0 heterocycles. The molecule has 0 spiro atoms. The van der Waals surface area contributed by atoms with Crippen molar-refractivity contribution in [3.05, 3.63) is 28.2 Å². The molecule has 0 radical (unpaired) electrons. The van der Waals surface area contributed by atoms with Crippen molar-refractivity contribution in [3.63, 3.8) is 0 Å². The monoisotopic (exact) mass is 261 g/mol. The summed E-state index contributed by atoms with van der Waals surface area (Å²) in [4.78, 5) is 13.0. The van der Waals surface area contributed by atoms with Crippen LogP contribution >= 0.6 is 23.2 Å².